The number of nitrogens with one attached hydrogen (secondary N) is 1. The lowest BCUT2D eigenvalue weighted by Gasteiger charge is -2.22. The second-order valence-corrected chi connectivity index (χ2v) is 3.74. The van der Waals surface area contributed by atoms with Gasteiger partial charge in [0.2, 0.25) is 0 Å². The van der Waals surface area contributed by atoms with Gasteiger partial charge in [0.05, 0.1) is 12.5 Å². The van der Waals surface area contributed by atoms with Crippen molar-refractivity contribution in [2.45, 2.75) is 32.4 Å². The maximum Gasteiger partial charge on any atom is 0.0947 e. The van der Waals surface area contributed by atoms with E-state index in [4.69, 9.17) is 10.2 Å². The highest BCUT2D eigenvalue weighted by Gasteiger charge is 2.14. The number of hydrogen-bond donors (Lipinski definition) is 2. The summed E-state index contributed by atoms with van der Waals surface area (Å²) in [5.41, 5.74) is 7.02. The Hall–Kier alpha value is -0.800. The van der Waals surface area contributed by atoms with E-state index in [2.05, 4.69) is 19.2 Å². The van der Waals surface area contributed by atoms with Crippen LogP contribution in [0.3, 0.4) is 0 Å². The summed E-state index contributed by atoms with van der Waals surface area (Å²) in [4.78, 5) is 0. The van der Waals surface area contributed by atoms with Crippen LogP contribution in [-0.4, -0.2) is 12.1 Å². The molecule has 1 heterocycles. The van der Waals surface area contributed by atoms with Gasteiger partial charge in [0.25, 0.3) is 0 Å². The third kappa shape index (κ3) is 3.61. The minimum atomic E-state index is -0.107. The minimum Gasteiger partial charge on any atom is -0.472 e. The van der Waals surface area contributed by atoms with E-state index in [9.17, 15) is 0 Å². The fourth-order valence-electron chi connectivity index (χ4n) is 1.01. The molecular weight excluding hydrogens is 164 g/mol. The third-order valence-electron chi connectivity index (χ3n) is 2.25. The fourth-order valence-corrected chi connectivity index (χ4v) is 1.01. The summed E-state index contributed by atoms with van der Waals surface area (Å²) in [6.45, 7) is 5.80. The summed E-state index contributed by atoms with van der Waals surface area (Å²) in [6, 6.07) is 1.95. The molecule has 0 aliphatic carbocycles. The first-order valence-corrected chi connectivity index (χ1v) is 4.65. The minimum absolute atomic E-state index is 0.107. The van der Waals surface area contributed by atoms with Gasteiger partial charge in [0.1, 0.15) is 0 Å². The van der Waals surface area contributed by atoms with Crippen LogP contribution < -0.4 is 11.1 Å². The van der Waals surface area contributed by atoms with E-state index in [0.29, 0.717) is 0 Å². The molecule has 0 aliphatic rings. The van der Waals surface area contributed by atoms with Gasteiger partial charge >= 0.3 is 0 Å². The van der Waals surface area contributed by atoms with E-state index >= 15 is 0 Å². The van der Waals surface area contributed by atoms with E-state index in [1.807, 2.05) is 6.07 Å². The summed E-state index contributed by atoms with van der Waals surface area (Å²) < 4.78 is 4.95. The van der Waals surface area contributed by atoms with Crippen LogP contribution in [-0.2, 0) is 6.54 Å². The second-order valence-electron chi connectivity index (χ2n) is 3.74. The first-order chi connectivity index (χ1) is 6.14. The van der Waals surface area contributed by atoms with Crippen LogP contribution in [0.1, 0.15) is 25.8 Å². The smallest absolute Gasteiger partial charge is 0.0947 e. The molecule has 0 bridgehead atoms. The summed E-state index contributed by atoms with van der Waals surface area (Å²) >= 11 is 0. The number of hydrogen-bond acceptors (Lipinski definition) is 3. The van der Waals surface area contributed by atoms with Gasteiger partial charge in [-0.3, -0.25) is 0 Å². The van der Waals surface area contributed by atoms with Crippen molar-refractivity contribution in [2.75, 3.05) is 6.54 Å². The normalized spacial score (nSPS) is 15.6. The third-order valence-corrected chi connectivity index (χ3v) is 2.25. The number of nitrogens with two attached hydrogens (primary N) is 1. The van der Waals surface area contributed by atoms with Crippen molar-refractivity contribution in [3.8, 4) is 0 Å². The zero-order valence-corrected chi connectivity index (χ0v) is 8.34. The predicted octanol–water partition coefficient (Wildman–Crippen LogP) is 1.50. The monoisotopic (exact) mass is 182 g/mol. The maximum atomic E-state index is 5.97. The van der Waals surface area contributed by atoms with Crippen molar-refractivity contribution in [3.05, 3.63) is 24.2 Å². The van der Waals surface area contributed by atoms with Gasteiger partial charge in [-0.15, -0.1) is 0 Å². The van der Waals surface area contributed by atoms with Crippen molar-refractivity contribution in [3.63, 3.8) is 0 Å². The molecule has 0 fully saturated rings. The molecule has 0 aromatic carbocycles. The summed E-state index contributed by atoms with van der Waals surface area (Å²) in [7, 11) is 0. The Bertz CT molecular complexity index is 229. The van der Waals surface area contributed by atoms with Gasteiger partial charge in [0, 0.05) is 24.2 Å². The Morgan fingerprint density at radius 2 is 2.38 bits per heavy atom. The van der Waals surface area contributed by atoms with Crippen molar-refractivity contribution < 1.29 is 4.42 Å². The highest BCUT2D eigenvalue weighted by molar-refractivity contribution is 5.04. The second kappa shape index (κ2) is 4.44. The average molecular weight is 182 g/mol. The Morgan fingerprint density at radius 1 is 1.62 bits per heavy atom. The fraction of sp³-hybridized carbons (Fsp3) is 0.600. The van der Waals surface area contributed by atoms with E-state index in [1.165, 1.54) is 0 Å². The van der Waals surface area contributed by atoms with Crippen molar-refractivity contribution in [2.24, 2.45) is 5.73 Å². The van der Waals surface area contributed by atoms with Crippen LogP contribution in [0.15, 0.2) is 23.0 Å². The van der Waals surface area contributed by atoms with E-state index < -0.39 is 0 Å². The lowest BCUT2D eigenvalue weighted by Crippen LogP contribution is -2.45. The SMILES string of the molecule is CCC(C)(N)CNCc1ccoc1. The Labute approximate surface area is 79.3 Å². The molecule has 1 atom stereocenters. The molecule has 3 nitrogen and oxygen atoms in total. The van der Waals surface area contributed by atoms with Crippen molar-refractivity contribution >= 4 is 0 Å². The predicted molar refractivity (Wildman–Crippen MR) is 53.3 cm³/mol. The summed E-state index contributed by atoms with van der Waals surface area (Å²) in [6.07, 6.45) is 4.40. The first kappa shape index (κ1) is 10.3. The molecule has 3 N–H and O–H groups in total. The molecule has 74 valence electrons. The molecule has 0 aliphatic heterocycles. The Morgan fingerprint density at radius 3 is 2.92 bits per heavy atom. The lowest BCUT2D eigenvalue weighted by atomic mass is 10.0. The van der Waals surface area contributed by atoms with Gasteiger partial charge in [-0.2, -0.15) is 0 Å². The van der Waals surface area contributed by atoms with Crippen LogP contribution in [0, 0.1) is 0 Å². The van der Waals surface area contributed by atoms with Gasteiger partial charge in [0.15, 0.2) is 0 Å². The summed E-state index contributed by atoms with van der Waals surface area (Å²) in [5, 5.41) is 3.29. The van der Waals surface area contributed by atoms with Crippen molar-refractivity contribution in [1.82, 2.24) is 5.32 Å². The number of furan rings is 1. The molecule has 3 heteroatoms. The molecule has 0 amide bonds. The Balaban J connectivity index is 2.21. The van der Waals surface area contributed by atoms with E-state index in [0.717, 1.165) is 25.1 Å². The van der Waals surface area contributed by atoms with Crippen LogP contribution in [0.25, 0.3) is 0 Å². The molecule has 13 heavy (non-hydrogen) atoms. The zero-order chi connectivity index (χ0) is 9.73. The van der Waals surface area contributed by atoms with Crippen LogP contribution in [0.4, 0.5) is 0 Å². The van der Waals surface area contributed by atoms with Gasteiger partial charge in [-0.25, -0.2) is 0 Å². The van der Waals surface area contributed by atoms with Crippen LogP contribution in [0.5, 0.6) is 0 Å². The molecule has 0 saturated carbocycles. The van der Waals surface area contributed by atoms with Crippen molar-refractivity contribution in [1.29, 1.82) is 0 Å². The largest absolute Gasteiger partial charge is 0.472 e. The van der Waals surface area contributed by atoms with E-state index in [-0.39, 0.29) is 5.54 Å². The molecule has 0 saturated heterocycles. The van der Waals surface area contributed by atoms with Crippen LogP contribution >= 0.6 is 0 Å². The lowest BCUT2D eigenvalue weighted by molar-refractivity contribution is 0.415. The Kier molecular flexibility index (Phi) is 3.51. The van der Waals surface area contributed by atoms with Gasteiger partial charge < -0.3 is 15.5 Å². The molecule has 1 aromatic rings. The molecular formula is C10H18N2O. The van der Waals surface area contributed by atoms with Crippen LogP contribution in [0.2, 0.25) is 0 Å². The summed E-state index contributed by atoms with van der Waals surface area (Å²) in [5.74, 6) is 0. The standard InChI is InChI=1S/C10H18N2O/c1-3-10(2,11)8-12-6-9-4-5-13-7-9/h4-5,7,12H,3,6,8,11H2,1-2H3. The number of rotatable bonds is 5. The molecule has 1 aromatic heterocycles. The topological polar surface area (TPSA) is 51.2 Å². The molecule has 1 unspecified atom stereocenters. The van der Waals surface area contributed by atoms with Gasteiger partial charge in [-0.1, -0.05) is 6.92 Å². The quantitative estimate of drug-likeness (QED) is 0.725. The average Bonchev–Trinajstić information content (AvgIpc) is 2.57. The molecule has 0 spiro atoms. The zero-order valence-electron chi connectivity index (χ0n) is 8.34. The molecule has 0 radical (unpaired) electrons. The van der Waals surface area contributed by atoms with Gasteiger partial charge in [-0.05, 0) is 19.4 Å². The highest BCUT2D eigenvalue weighted by atomic mass is 16.3. The first-order valence-electron chi connectivity index (χ1n) is 4.65. The molecule has 1 rings (SSSR count). The highest BCUT2D eigenvalue weighted by Crippen LogP contribution is 2.03. The maximum absolute atomic E-state index is 5.97. The van der Waals surface area contributed by atoms with E-state index in [1.54, 1.807) is 12.5 Å².